The first-order valence-corrected chi connectivity index (χ1v) is 7.83. The highest BCUT2D eigenvalue weighted by atomic mass is 32.2. The third-order valence-electron chi connectivity index (χ3n) is 5.17. The standard InChI is InChI=1S/C11H17F3N2O2S/c1-8(2-3-8)19(17,18)16-6-9-4-10(9,7-15-5-9)11(12,13)14/h15-16H,2-7H2,1H3/t9-,10-/m1/s1. The quantitative estimate of drug-likeness (QED) is 0.814. The van der Waals surface area contributed by atoms with E-state index in [4.69, 9.17) is 0 Å². The zero-order valence-corrected chi connectivity index (χ0v) is 11.4. The molecule has 3 fully saturated rings. The Bertz CT molecular complexity index is 515. The summed E-state index contributed by atoms with van der Waals surface area (Å²) in [6.45, 7) is 1.64. The molecule has 3 rings (SSSR count). The first-order valence-electron chi connectivity index (χ1n) is 6.34. The number of hydrogen-bond donors (Lipinski definition) is 2. The Morgan fingerprint density at radius 1 is 1.26 bits per heavy atom. The van der Waals surface area contributed by atoms with E-state index in [0.717, 1.165) is 0 Å². The zero-order chi connectivity index (χ0) is 14.2. The molecule has 0 radical (unpaired) electrons. The van der Waals surface area contributed by atoms with Crippen LogP contribution >= 0.6 is 0 Å². The predicted octanol–water partition coefficient (Wildman–Crippen LogP) is 1.00. The van der Waals surface area contributed by atoms with E-state index < -0.39 is 31.8 Å². The number of sulfonamides is 1. The van der Waals surface area contributed by atoms with Gasteiger partial charge in [-0.3, -0.25) is 0 Å². The maximum Gasteiger partial charge on any atom is 0.396 e. The summed E-state index contributed by atoms with van der Waals surface area (Å²) in [5.74, 6) is 0. The second-order valence-corrected chi connectivity index (χ2v) is 8.70. The second kappa shape index (κ2) is 3.46. The maximum absolute atomic E-state index is 13.1. The molecular weight excluding hydrogens is 281 g/mol. The Kier molecular flexibility index (Phi) is 2.48. The Morgan fingerprint density at radius 2 is 1.89 bits per heavy atom. The largest absolute Gasteiger partial charge is 0.396 e. The average molecular weight is 298 g/mol. The SMILES string of the molecule is CC1(S(=O)(=O)NC[C@@]23CNC[C@]2(C(F)(F)F)C3)CC1. The fraction of sp³-hybridized carbons (Fsp3) is 1.00. The molecule has 0 aromatic heterocycles. The molecule has 2 aliphatic carbocycles. The molecule has 0 amide bonds. The minimum Gasteiger partial charge on any atom is -0.315 e. The van der Waals surface area contributed by atoms with Crippen LogP contribution in [0.3, 0.4) is 0 Å². The van der Waals surface area contributed by atoms with E-state index in [0.29, 0.717) is 12.8 Å². The third-order valence-corrected chi connectivity index (χ3v) is 7.40. The second-order valence-electron chi connectivity index (χ2n) is 6.41. The number of fused-ring (bicyclic) bond motifs is 1. The summed E-state index contributed by atoms with van der Waals surface area (Å²) in [5, 5.41) is 2.75. The summed E-state index contributed by atoms with van der Waals surface area (Å²) in [5.41, 5.74) is -2.71. The van der Waals surface area contributed by atoms with Gasteiger partial charge in [-0.2, -0.15) is 13.2 Å². The van der Waals surface area contributed by atoms with Crippen LogP contribution < -0.4 is 10.0 Å². The molecular formula is C11H17F3N2O2S. The fourth-order valence-corrected chi connectivity index (χ4v) is 4.63. The van der Waals surface area contributed by atoms with Gasteiger partial charge in [-0.05, 0) is 26.2 Å². The number of alkyl halides is 3. The summed E-state index contributed by atoms with van der Waals surface area (Å²) < 4.78 is 64.8. The van der Waals surface area contributed by atoms with Crippen molar-refractivity contribution >= 4 is 10.0 Å². The van der Waals surface area contributed by atoms with Gasteiger partial charge in [0.1, 0.15) is 0 Å². The molecule has 0 aromatic carbocycles. The highest BCUT2D eigenvalue weighted by Gasteiger charge is 2.81. The fourth-order valence-electron chi connectivity index (χ4n) is 3.18. The highest BCUT2D eigenvalue weighted by molar-refractivity contribution is 7.91. The smallest absolute Gasteiger partial charge is 0.315 e. The van der Waals surface area contributed by atoms with E-state index in [1.807, 2.05) is 0 Å². The molecule has 0 unspecified atom stereocenters. The van der Waals surface area contributed by atoms with Gasteiger partial charge in [0.15, 0.2) is 0 Å². The van der Waals surface area contributed by atoms with Crippen LogP contribution in [0.5, 0.6) is 0 Å². The van der Waals surface area contributed by atoms with Crippen LogP contribution in [0, 0.1) is 10.8 Å². The van der Waals surface area contributed by atoms with Gasteiger partial charge in [-0.15, -0.1) is 0 Å². The van der Waals surface area contributed by atoms with E-state index in [1.165, 1.54) is 0 Å². The molecule has 2 N–H and O–H groups in total. The molecule has 4 nitrogen and oxygen atoms in total. The predicted molar refractivity (Wildman–Crippen MR) is 63.0 cm³/mol. The molecule has 0 spiro atoms. The van der Waals surface area contributed by atoms with E-state index in [9.17, 15) is 21.6 Å². The Hall–Kier alpha value is -0.340. The van der Waals surface area contributed by atoms with Crippen molar-refractivity contribution < 1.29 is 21.6 Å². The Balaban J connectivity index is 1.72. The molecule has 19 heavy (non-hydrogen) atoms. The van der Waals surface area contributed by atoms with Crippen molar-refractivity contribution in [2.24, 2.45) is 10.8 Å². The van der Waals surface area contributed by atoms with Crippen LogP contribution in [-0.2, 0) is 10.0 Å². The molecule has 110 valence electrons. The van der Waals surface area contributed by atoms with Crippen LogP contribution in [0.4, 0.5) is 13.2 Å². The molecule has 2 atom stereocenters. The van der Waals surface area contributed by atoms with Crippen molar-refractivity contribution in [3.8, 4) is 0 Å². The lowest BCUT2D eigenvalue weighted by atomic mass is 9.96. The van der Waals surface area contributed by atoms with Gasteiger partial charge in [0, 0.05) is 25.0 Å². The topological polar surface area (TPSA) is 58.2 Å². The van der Waals surface area contributed by atoms with Crippen molar-refractivity contribution in [3.63, 3.8) is 0 Å². The van der Waals surface area contributed by atoms with Gasteiger partial charge in [-0.25, -0.2) is 13.1 Å². The van der Waals surface area contributed by atoms with Crippen LogP contribution in [-0.4, -0.2) is 39.0 Å². The lowest BCUT2D eigenvalue weighted by Gasteiger charge is -2.21. The first-order chi connectivity index (χ1) is 8.58. The lowest BCUT2D eigenvalue weighted by molar-refractivity contribution is -0.190. The lowest BCUT2D eigenvalue weighted by Crippen LogP contribution is -2.41. The Labute approximate surface area is 110 Å². The van der Waals surface area contributed by atoms with Gasteiger partial charge in [-0.1, -0.05) is 0 Å². The monoisotopic (exact) mass is 298 g/mol. The molecule has 0 aromatic rings. The summed E-state index contributed by atoms with van der Waals surface area (Å²) in [6, 6.07) is 0. The van der Waals surface area contributed by atoms with E-state index >= 15 is 0 Å². The minimum absolute atomic E-state index is 0.0235. The zero-order valence-electron chi connectivity index (χ0n) is 10.6. The van der Waals surface area contributed by atoms with Crippen molar-refractivity contribution in [2.75, 3.05) is 19.6 Å². The normalized spacial score (nSPS) is 40.0. The molecule has 1 heterocycles. The number of nitrogens with one attached hydrogen (secondary N) is 2. The molecule has 0 bridgehead atoms. The summed E-state index contributed by atoms with van der Waals surface area (Å²) >= 11 is 0. The van der Waals surface area contributed by atoms with Crippen molar-refractivity contribution in [1.82, 2.24) is 10.0 Å². The van der Waals surface area contributed by atoms with Crippen LogP contribution in [0.25, 0.3) is 0 Å². The molecule has 8 heteroatoms. The van der Waals surface area contributed by atoms with Gasteiger partial charge in [0.05, 0.1) is 10.2 Å². The Morgan fingerprint density at radius 3 is 2.37 bits per heavy atom. The van der Waals surface area contributed by atoms with Crippen molar-refractivity contribution in [3.05, 3.63) is 0 Å². The third kappa shape index (κ3) is 1.69. The van der Waals surface area contributed by atoms with Gasteiger partial charge in [0.25, 0.3) is 0 Å². The van der Waals surface area contributed by atoms with E-state index in [-0.39, 0.29) is 26.1 Å². The molecule has 3 aliphatic rings. The number of piperidine rings is 1. The van der Waals surface area contributed by atoms with Gasteiger partial charge >= 0.3 is 6.18 Å². The van der Waals surface area contributed by atoms with Crippen LogP contribution in [0.15, 0.2) is 0 Å². The number of hydrogen-bond acceptors (Lipinski definition) is 3. The van der Waals surface area contributed by atoms with Crippen molar-refractivity contribution in [1.29, 1.82) is 0 Å². The molecule has 1 aliphatic heterocycles. The van der Waals surface area contributed by atoms with Crippen LogP contribution in [0.2, 0.25) is 0 Å². The van der Waals surface area contributed by atoms with Gasteiger partial charge < -0.3 is 5.32 Å². The highest BCUT2D eigenvalue weighted by Crippen LogP contribution is 2.72. The first kappa shape index (κ1) is 13.6. The van der Waals surface area contributed by atoms with E-state index in [1.54, 1.807) is 6.92 Å². The average Bonchev–Trinajstić information content (AvgIpc) is 3.15. The van der Waals surface area contributed by atoms with Crippen LogP contribution in [0.1, 0.15) is 26.2 Å². The summed E-state index contributed by atoms with van der Waals surface area (Å²) in [6.07, 6.45) is -3.09. The minimum atomic E-state index is -4.27. The molecule has 2 saturated carbocycles. The molecule has 1 saturated heterocycles. The number of rotatable bonds is 4. The van der Waals surface area contributed by atoms with E-state index in [2.05, 4.69) is 10.0 Å². The van der Waals surface area contributed by atoms with Crippen molar-refractivity contribution in [2.45, 2.75) is 37.1 Å². The number of halogens is 3. The maximum atomic E-state index is 13.1. The summed E-state index contributed by atoms with van der Waals surface area (Å²) in [4.78, 5) is 0. The van der Waals surface area contributed by atoms with Gasteiger partial charge in [0.2, 0.25) is 10.0 Å². The summed E-state index contributed by atoms with van der Waals surface area (Å²) in [7, 11) is -3.50.